The Kier molecular flexibility index (Phi) is 8.58. The van der Waals surface area contributed by atoms with Gasteiger partial charge in [-0.25, -0.2) is 18.6 Å². The molecular formula is C35H36F2N6O2. The monoisotopic (exact) mass is 610 g/mol. The van der Waals surface area contributed by atoms with Gasteiger partial charge in [0.05, 0.1) is 12.2 Å². The van der Waals surface area contributed by atoms with Crippen molar-refractivity contribution in [1.82, 2.24) is 30.0 Å². The number of nitrogens with zero attached hydrogens (tertiary/aromatic N) is 5. The largest absolute Gasteiger partial charge is 0.444 e. The van der Waals surface area contributed by atoms with Crippen molar-refractivity contribution in [2.75, 3.05) is 19.6 Å². The number of amides is 1. The van der Waals surface area contributed by atoms with E-state index in [9.17, 15) is 13.6 Å². The van der Waals surface area contributed by atoms with Crippen molar-refractivity contribution in [3.63, 3.8) is 0 Å². The van der Waals surface area contributed by atoms with Gasteiger partial charge in [0.1, 0.15) is 17.2 Å². The summed E-state index contributed by atoms with van der Waals surface area (Å²) in [5.41, 5.74) is 4.80. The van der Waals surface area contributed by atoms with Gasteiger partial charge in [-0.15, -0.1) is 0 Å². The van der Waals surface area contributed by atoms with Crippen LogP contribution in [0.25, 0.3) is 44.5 Å². The fourth-order valence-electron chi connectivity index (χ4n) is 5.71. The van der Waals surface area contributed by atoms with Crippen molar-refractivity contribution >= 4 is 17.1 Å². The molecule has 1 N–H and O–H groups in total. The first-order valence-electron chi connectivity index (χ1n) is 15.2. The highest BCUT2D eigenvalue weighted by molar-refractivity contribution is 6.05. The van der Waals surface area contributed by atoms with Gasteiger partial charge in [0.2, 0.25) is 0 Å². The zero-order valence-corrected chi connectivity index (χ0v) is 25.6. The first-order valence-corrected chi connectivity index (χ1v) is 15.2. The van der Waals surface area contributed by atoms with E-state index in [1.807, 2.05) is 43.8 Å². The second kappa shape index (κ2) is 12.7. The fourth-order valence-corrected chi connectivity index (χ4v) is 5.71. The predicted octanol–water partition coefficient (Wildman–Crippen LogP) is 7.09. The molecule has 0 atom stereocenters. The summed E-state index contributed by atoms with van der Waals surface area (Å²) < 4.78 is 35.4. The van der Waals surface area contributed by atoms with E-state index >= 15 is 0 Å². The molecule has 1 saturated heterocycles. The van der Waals surface area contributed by atoms with Gasteiger partial charge in [-0.05, 0) is 93.3 Å². The van der Waals surface area contributed by atoms with Crippen molar-refractivity contribution < 1.29 is 18.3 Å². The Hall–Kier alpha value is -4.70. The number of hydrogen-bond donors (Lipinski definition) is 1. The summed E-state index contributed by atoms with van der Waals surface area (Å²) >= 11 is 0. The Balaban J connectivity index is 1.29. The van der Waals surface area contributed by atoms with Crippen LogP contribution >= 0.6 is 0 Å². The molecule has 232 valence electrons. The highest BCUT2D eigenvalue weighted by Gasteiger charge is 2.27. The molecule has 0 aliphatic carbocycles. The lowest BCUT2D eigenvalue weighted by Gasteiger charge is -2.33. The van der Waals surface area contributed by atoms with Crippen LogP contribution in [0.1, 0.15) is 33.6 Å². The van der Waals surface area contributed by atoms with Gasteiger partial charge in [-0.2, -0.15) is 5.10 Å². The Morgan fingerprint density at radius 3 is 2.11 bits per heavy atom. The van der Waals surface area contributed by atoms with Crippen molar-refractivity contribution in [2.24, 2.45) is 0 Å². The van der Waals surface area contributed by atoms with Crippen LogP contribution in [-0.2, 0) is 11.3 Å². The number of ether oxygens (including phenoxy) is 1. The number of rotatable bonds is 7. The van der Waals surface area contributed by atoms with Crippen molar-refractivity contribution in [2.45, 2.75) is 51.8 Å². The molecule has 1 fully saturated rings. The summed E-state index contributed by atoms with van der Waals surface area (Å²) in [6, 6.07) is 16.7. The molecule has 0 radical (unpaired) electrons. The summed E-state index contributed by atoms with van der Waals surface area (Å²) in [5.74, 6) is -0.664. The molecule has 45 heavy (non-hydrogen) atoms. The Morgan fingerprint density at radius 1 is 0.889 bits per heavy atom. The lowest BCUT2D eigenvalue weighted by molar-refractivity contribution is 0.0198. The minimum Gasteiger partial charge on any atom is -0.444 e. The van der Waals surface area contributed by atoms with Crippen LogP contribution in [0.4, 0.5) is 13.6 Å². The van der Waals surface area contributed by atoms with E-state index in [4.69, 9.17) is 14.8 Å². The Bertz CT molecular complexity index is 1780. The lowest BCUT2D eigenvalue weighted by atomic mass is 9.90. The number of hydrogen-bond acceptors (Lipinski definition) is 6. The van der Waals surface area contributed by atoms with Crippen molar-refractivity contribution in [3.8, 4) is 33.5 Å². The zero-order valence-electron chi connectivity index (χ0n) is 25.6. The molecule has 0 unspecified atom stereocenters. The van der Waals surface area contributed by atoms with Gasteiger partial charge in [-0.3, -0.25) is 9.67 Å². The molecule has 1 aliphatic rings. The smallest absolute Gasteiger partial charge is 0.410 e. The zero-order chi connectivity index (χ0) is 31.6. The molecular weight excluding hydrogens is 574 g/mol. The van der Waals surface area contributed by atoms with E-state index in [1.54, 1.807) is 41.6 Å². The number of nitrogens with one attached hydrogen (secondary N) is 1. The molecule has 0 spiro atoms. The first-order chi connectivity index (χ1) is 21.6. The molecule has 0 bridgehead atoms. The SMILES string of the molecule is CC(C)(C)OC(=O)N1CCC(NCCn2cc3c(-c4ccc(F)cc4)c(-c4ccncc4)c(-c4ccc(F)cc4)nc3n2)CC1. The summed E-state index contributed by atoms with van der Waals surface area (Å²) in [5, 5.41) is 9.28. The van der Waals surface area contributed by atoms with Crippen LogP contribution in [0, 0.1) is 11.6 Å². The molecule has 2 aromatic carbocycles. The molecule has 3 aromatic heterocycles. The number of piperidine rings is 1. The minimum atomic E-state index is -0.510. The van der Waals surface area contributed by atoms with E-state index in [2.05, 4.69) is 10.3 Å². The quantitative estimate of drug-likeness (QED) is 0.212. The Morgan fingerprint density at radius 2 is 1.49 bits per heavy atom. The number of halogens is 2. The molecule has 8 nitrogen and oxygen atoms in total. The molecule has 0 saturated carbocycles. The average Bonchev–Trinajstić information content (AvgIpc) is 3.43. The van der Waals surface area contributed by atoms with Crippen LogP contribution in [0.15, 0.2) is 79.3 Å². The van der Waals surface area contributed by atoms with Gasteiger partial charge >= 0.3 is 6.09 Å². The van der Waals surface area contributed by atoms with E-state index in [0.717, 1.165) is 46.0 Å². The second-order valence-corrected chi connectivity index (χ2v) is 12.3. The molecule has 4 heterocycles. The van der Waals surface area contributed by atoms with Crippen molar-refractivity contribution in [3.05, 3.63) is 90.9 Å². The van der Waals surface area contributed by atoms with Crippen LogP contribution in [-0.4, -0.2) is 62.0 Å². The maximum Gasteiger partial charge on any atom is 0.410 e. The fraction of sp³-hybridized carbons (Fsp3) is 0.314. The third-order valence-corrected chi connectivity index (χ3v) is 7.86. The third-order valence-electron chi connectivity index (χ3n) is 7.86. The molecule has 10 heteroatoms. The van der Waals surface area contributed by atoms with Crippen LogP contribution in [0.3, 0.4) is 0 Å². The maximum atomic E-state index is 14.0. The van der Waals surface area contributed by atoms with E-state index in [1.165, 1.54) is 24.3 Å². The number of fused-ring (bicyclic) bond motifs is 1. The summed E-state index contributed by atoms with van der Waals surface area (Å²) in [7, 11) is 0. The highest BCUT2D eigenvalue weighted by Crippen LogP contribution is 2.43. The van der Waals surface area contributed by atoms with Crippen molar-refractivity contribution in [1.29, 1.82) is 0 Å². The first kappa shape index (κ1) is 30.3. The second-order valence-electron chi connectivity index (χ2n) is 12.3. The maximum absolute atomic E-state index is 14.0. The third kappa shape index (κ3) is 7.01. The van der Waals surface area contributed by atoms with Gasteiger partial charge in [0, 0.05) is 66.3 Å². The van der Waals surface area contributed by atoms with E-state index in [0.29, 0.717) is 37.5 Å². The summed E-state index contributed by atoms with van der Waals surface area (Å²) in [6.45, 7) is 8.19. The van der Waals surface area contributed by atoms with Gasteiger partial charge in [-0.1, -0.05) is 12.1 Å². The standard InChI is InChI=1S/C35H36F2N6O2/c1-35(2,3)45-34(44)42-19-14-28(15-20-42)39-18-21-43-22-29-30(23-4-8-26(36)9-5-23)31(24-12-16-38-17-13-24)32(40-33(29)41-43)25-6-10-27(37)11-7-25/h4-13,16-17,22,28,39H,14-15,18-21H2,1-3H3. The molecule has 6 rings (SSSR count). The highest BCUT2D eigenvalue weighted by atomic mass is 19.1. The number of aromatic nitrogens is 4. The van der Waals surface area contributed by atoms with E-state index < -0.39 is 5.60 Å². The molecule has 1 amide bonds. The van der Waals surface area contributed by atoms with E-state index in [-0.39, 0.29) is 23.8 Å². The number of pyridine rings is 2. The average molecular weight is 611 g/mol. The van der Waals surface area contributed by atoms with Crippen LogP contribution in [0.5, 0.6) is 0 Å². The summed E-state index contributed by atoms with van der Waals surface area (Å²) in [6.07, 6.45) is 6.83. The lowest BCUT2D eigenvalue weighted by Crippen LogP contribution is -2.47. The molecule has 5 aromatic rings. The number of carbonyl (C=O) groups excluding carboxylic acids is 1. The van der Waals surface area contributed by atoms with Gasteiger partial charge in [0.15, 0.2) is 5.65 Å². The topological polar surface area (TPSA) is 85.2 Å². The van der Waals surface area contributed by atoms with Crippen LogP contribution < -0.4 is 5.32 Å². The van der Waals surface area contributed by atoms with Gasteiger partial charge < -0.3 is 15.0 Å². The summed E-state index contributed by atoms with van der Waals surface area (Å²) in [4.78, 5) is 23.4. The predicted molar refractivity (Wildman–Crippen MR) is 170 cm³/mol. The normalized spacial score (nSPS) is 14.2. The molecule has 1 aliphatic heterocycles. The van der Waals surface area contributed by atoms with Gasteiger partial charge in [0.25, 0.3) is 0 Å². The number of benzene rings is 2. The Labute approximate surface area is 261 Å². The number of likely N-dealkylation sites (tertiary alicyclic amines) is 1. The minimum absolute atomic E-state index is 0.264. The number of carbonyl (C=O) groups is 1. The van der Waals surface area contributed by atoms with Crippen LogP contribution in [0.2, 0.25) is 0 Å².